The summed E-state index contributed by atoms with van der Waals surface area (Å²) >= 11 is 1.68. The molecule has 16 heavy (non-hydrogen) atoms. The van der Waals surface area contributed by atoms with Gasteiger partial charge in [-0.1, -0.05) is 19.8 Å². The molecule has 1 aliphatic heterocycles. The fourth-order valence-corrected chi connectivity index (χ4v) is 3.23. The van der Waals surface area contributed by atoms with Gasteiger partial charge >= 0.3 is 5.97 Å². The summed E-state index contributed by atoms with van der Waals surface area (Å²) in [5.74, 6) is 0.243. The zero-order valence-corrected chi connectivity index (χ0v) is 10.8. The molecule has 0 aromatic carbocycles. The first-order valence-electron chi connectivity index (χ1n) is 5.93. The van der Waals surface area contributed by atoms with Crippen LogP contribution in [0.4, 0.5) is 0 Å². The van der Waals surface area contributed by atoms with Gasteiger partial charge in [0.25, 0.3) is 0 Å². The molecule has 1 fully saturated rings. The van der Waals surface area contributed by atoms with Crippen molar-refractivity contribution in [2.75, 3.05) is 12.9 Å². The molecule has 0 spiro atoms. The van der Waals surface area contributed by atoms with Crippen molar-refractivity contribution in [1.29, 1.82) is 0 Å². The molecular formula is C12H20O3S. The molecule has 4 heteroatoms. The van der Waals surface area contributed by atoms with Crippen LogP contribution in [0.5, 0.6) is 0 Å². The average Bonchev–Trinajstić information content (AvgIpc) is 2.82. The van der Waals surface area contributed by atoms with E-state index in [0.29, 0.717) is 6.42 Å². The van der Waals surface area contributed by atoms with Crippen LogP contribution >= 0.6 is 11.8 Å². The number of rotatable bonds is 6. The minimum Gasteiger partial charge on any atom is -0.468 e. The molecule has 3 nitrogen and oxygen atoms in total. The maximum absolute atomic E-state index is 12.1. The Morgan fingerprint density at radius 1 is 1.50 bits per heavy atom. The molecule has 1 aliphatic rings. The number of Topliss-reactive ketones (excluding diaryl/α,β-unsaturated/α-hetero) is 1. The third-order valence-electron chi connectivity index (χ3n) is 2.92. The molecule has 0 amide bonds. The Balaban J connectivity index is 2.59. The molecule has 2 atom stereocenters. The highest BCUT2D eigenvalue weighted by Gasteiger charge is 2.34. The number of ketones is 1. The molecule has 0 aromatic heterocycles. The van der Waals surface area contributed by atoms with Crippen LogP contribution in [0, 0.1) is 5.92 Å². The van der Waals surface area contributed by atoms with Crippen LogP contribution in [-0.2, 0) is 14.3 Å². The van der Waals surface area contributed by atoms with Crippen molar-refractivity contribution < 1.29 is 14.3 Å². The third-order valence-corrected chi connectivity index (χ3v) is 4.32. The summed E-state index contributed by atoms with van der Waals surface area (Å²) in [7, 11) is 1.36. The summed E-state index contributed by atoms with van der Waals surface area (Å²) in [5.41, 5.74) is 0. The average molecular weight is 244 g/mol. The molecule has 0 saturated carbocycles. The summed E-state index contributed by atoms with van der Waals surface area (Å²) in [4.78, 5) is 23.7. The normalized spacial score (nSPS) is 21.8. The number of thioether (sulfide) groups is 1. The van der Waals surface area contributed by atoms with Crippen LogP contribution in [0.25, 0.3) is 0 Å². The van der Waals surface area contributed by atoms with Crippen molar-refractivity contribution in [1.82, 2.24) is 0 Å². The number of methoxy groups -OCH3 is 1. The van der Waals surface area contributed by atoms with Crippen molar-refractivity contribution >= 4 is 23.5 Å². The lowest BCUT2D eigenvalue weighted by Gasteiger charge is -2.16. The van der Waals surface area contributed by atoms with Gasteiger partial charge in [-0.3, -0.25) is 9.59 Å². The zero-order chi connectivity index (χ0) is 12.0. The maximum atomic E-state index is 12.1. The predicted molar refractivity (Wildman–Crippen MR) is 65.5 cm³/mol. The van der Waals surface area contributed by atoms with Gasteiger partial charge in [-0.05, 0) is 25.0 Å². The van der Waals surface area contributed by atoms with Gasteiger partial charge in [0.1, 0.15) is 5.92 Å². The molecule has 0 bridgehead atoms. The molecule has 0 N–H and O–H groups in total. The summed E-state index contributed by atoms with van der Waals surface area (Å²) < 4.78 is 4.72. The first-order valence-corrected chi connectivity index (χ1v) is 6.98. The monoisotopic (exact) mass is 244 g/mol. The molecule has 1 rings (SSSR count). The van der Waals surface area contributed by atoms with Crippen molar-refractivity contribution in [2.45, 2.75) is 44.3 Å². The number of esters is 1. The standard InChI is InChI=1S/C12H20O3S/c1-3-4-6-9(12(14)15-2)11(13)10-7-5-8-16-10/h9-10H,3-8H2,1-2H3. The summed E-state index contributed by atoms with van der Waals surface area (Å²) in [6.07, 6.45) is 4.55. The number of carbonyl (C=O) groups excluding carboxylic acids is 2. The highest BCUT2D eigenvalue weighted by molar-refractivity contribution is 8.00. The lowest BCUT2D eigenvalue weighted by atomic mass is 9.94. The van der Waals surface area contributed by atoms with E-state index in [1.165, 1.54) is 7.11 Å². The van der Waals surface area contributed by atoms with Crippen LogP contribution < -0.4 is 0 Å². The van der Waals surface area contributed by atoms with E-state index in [1.807, 2.05) is 0 Å². The fourth-order valence-electron chi connectivity index (χ4n) is 1.95. The van der Waals surface area contributed by atoms with Gasteiger partial charge in [-0.15, -0.1) is 0 Å². The van der Waals surface area contributed by atoms with E-state index in [2.05, 4.69) is 6.92 Å². The van der Waals surface area contributed by atoms with Crippen molar-refractivity contribution in [3.05, 3.63) is 0 Å². The third kappa shape index (κ3) is 3.51. The van der Waals surface area contributed by atoms with Gasteiger partial charge in [0.2, 0.25) is 0 Å². The van der Waals surface area contributed by atoms with Crippen molar-refractivity contribution in [2.24, 2.45) is 5.92 Å². The van der Waals surface area contributed by atoms with Crippen LogP contribution in [0.3, 0.4) is 0 Å². The molecule has 92 valence electrons. The van der Waals surface area contributed by atoms with Gasteiger partial charge in [-0.25, -0.2) is 0 Å². The van der Waals surface area contributed by atoms with Crippen molar-refractivity contribution in [3.63, 3.8) is 0 Å². The Hall–Kier alpha value is -0.510. The van der Waals surface area contributed by atoms with Crippen molar-refractivity contribution in [3.8, 4) is 0 Å². The van der Waals surface area contributed by atoms with Crippen LogP contribution in [0.15, 0.2) is 0 Å². The number of carbonyl (C=O) groups is 2. The minimum atomic E-state index is -0.527. The van der Waals surface area contributed by atoms with Gasteiger partial charge < -0.3 is 4.74 Å². The Morgan fingerprint density at radius 2 is 2.25 bits per heavy atom. The first-order chi connectivity index (χ1) is 7.70. The molecule has 0 aliphatic carbocycles. The molecule has 1 heterocycles. The van der Waals surface area contributed by atoms with Gasteiger partial charge in [0.15, 0.2) is 5.78 Å². The lowest BCUT2D eigenvalue weighted by molar-refractivity contribution is -0.149. The molecule has 0 aromatic rings. The number of ether oxygens (including phenoxy) is 1. The topological polar surface area (TPSA) is 43.4 Å². The fraction of sp³-hybridized carbons (Fsp3) is 0.833. The number of hydrogen-bond donors (Lipinski definition) is 0. The van der Waals surface area contributed by atoms with Gasteiger partial charge in [0.05, 0.1) is 12.4 Å². The highest BCUT2D eigenvalue weighted by Crippen LogP contribution is 2.30. The van der Waals surface area contributed by atoms with Gasteiger partial charge in [0, 0.05) is 0 Å². The second kappa shape index (κ2) is 6.94. The quantitative estimate of drug-likeness (QED) is 0.531. The van der Waals surface area contributed by atoms with E-state index in [-0.39, 0.29) is 17.0 Å². The van der Waals surface area contributed by atoms with E-state index in [4.69, 9.17) is 4.74 Å². The molecule has 1 saturated heterocycles. The Bertz CT molecular complexity index is 247. The maximum Gasteiger partial charge on any atom is 0.316 e. The highest BCUT2D eigenvalue weighted by atomic mass is 32.2. The first kappa shape index (κ1) is 13.6. The second-order valence-corrected chi connectivity index (χ2v) is 5.43. The predicted octanol–water partition coefficient (Wildman–Crippen LogP) is 2.43. The smallest absolute Gasteiger partial charge is 0.316 e. The Morgan fingerprint density at radius 3 is 2.75 bits per heavy atom. The van der Waals surface area contributed by atoms with E-state index < -0.39 is 5.92 Å². The largest absolute Gasteiger partial charge is 0.468 e. The molecular weight excluding hydrogens is 224 g/mol. The van der Waals surface area contributed by atoms with E-state index in [1.54, 1.807) is 11.8 Å². The van der Waals surface area contributed by atoms with Crippen LogP contribution in [-0.4, -0.2) is 29.9 Å². The SMILES string of the molecule is CCCCC(C(=O)OC)C(=O)C1CCCS1. The molecule has 2 unspecified atom stereocenters. The van der Waals surface area contributed by atoms with Gasteiger partial charge in [-0.2, -0.15) is 11.8 Å². The summed E-state index contributed by atoms with van der Waals surface area (Å²) in [6.45, 7) is 2.06. The van der Waals surface area contributed by atoms with Crippen LogP contribution in [0.2, 0.25) is 0 Å². The minimum absolute atomic E-state index is 0.0287. The van der Waals surface area contributed by atoms with E-state index >= 15 is 0 Å². The number of unbranched alkanes of at least 4 members (excludes halogenated alkanes) is 1. The zero-order valence-electron chi connectivity index (χ0n) is 10.0. The number of hydrogen-bond acceptors (Lipinski definition) is 4. The van der Waals surface area contributed by atoms with E-state index in [0.717, 1.165) is 31.4 Å². The summed E-state index contributed by atoms with van der Waals surface area (Å²) in [6, 6.07) is 0. The van der Waals surface area contributed by atoms with Crippen LogP contribution in [0.1, 0.15) is 39.0 Å². The summed E-state index contributed by atoms with van der Waals surface area (Å²) in [5, 5.41) is 0.0287. The molecule has 0 radical (unpaired) electrons. The Labute approximate surface area is 101 Å². The second-order valence-electron chi connectivity index (χ2n) is 4.12. The van der Waals surface area contributed by atoms with E-state index in [9.17, 15) is 9.59 Å². The lowest BCUT2D eigenvalue weighted by Crippen LogP contribution is -2.31. The Kier molecular flexibility index (Phi) is 5.88.